The minimum Gasteiger partial charge on any atom is -0.462 e. The van der Waals surface area contributed by atoms with E-state index in [1.165, 1.54) is 51.4 Å². The summed E-state index contributed by atoms with van der Waals surface area (Å²) < 4.78 is 5.53. The Balaban J connectivity index is 0. The average molecular weight is 397 g/mol. The van der Waals surface area contributed by atoms with Crippen molar-refractivity contribution >= 4 is 12.1 Å². The molecule has 0 aromatic carbocycles. The Kier molecular flexibility index (Phi) is 19.5. The van der Waals surface area contributed by atoms with Gasteiger partial charge in [-0.3, -0.25) is 0 Å². The van der Waals surface area contributed by atoms with Gasteiger partial charge in [0.05, 0.1) is 6.61 Å². The normalized spacial score (nSPS) is 11.8. The van der Waals surface area contributed by atoms with Crippen LogP contribution in [0.25, 0.3) is 0 Å². The lowest BCUT2D eigenvalue weighted by atomic mass is 9.81. The smallest absolute Gasteiger partial charge is 0.373 e. The van der Waals surface area contributed by atoms with E-state index in [1.54, 1.807) is 0 Å². The van der Waals surface area contributed by atoms with E-state index in [0.29, 0.717) is 18.1 Å². The second-order valence-corrected chi connectivity index (χ2v) is 8.56. The SMILES string of the molecule is C=C(CC(C)(C)CCCCCCCC)C(=O)OCC(CC)CCCC.O=C=O. The Morgan fingerprint density at radius 3 is 2.04 bits per heavy atom. The molecule has 4 nitrogen and oxygen atoms in total. The fraction of sp³-hybridized carbons (Fsp3) is 0.833. The lowest BCUT2D eigenvalue weighted by Crippen LogP contribution is -2.19. The number of hydrogen-bond donors (Lipinski definition) is 0. The second-order valence-electron chi connectivity index (χ2n) is 8.56. The fourth-order valence-electron chi connectivity index (χ4n) is 3.32. The van der Waals surface area contributed by atoms with Gasteiger partial charge in [0, 0.05) is 5.57 Å². The molecule has 0 radical (unpaired) electrons. The summed E-state index contributed by atoms with van der Waals surface area (Å²) in [6.45, 7) is 15.7. The van der Waals surface area contributed by atoms with Gasteiger partial charge in [-0.25, -0.2) is 4.79 Å². The van der Waals surface area contributed by atoms with Gasteiger partial charge in [-0.15, -0.1) is 0 Å². The standard InChI is InChI=1S/C23H44O2.CO2/c1-7-10-12-13-14-15-17-23(5,6)18-20(4)22(24)25-19-21(9-3)16-11-8-2;2-1-3/h21H,4,7-19H2,1-3,5-6H3;. The Hall–Kier alpha value is -1.41. The maximum atomic E-state index is 12.2. The van der Waals surface area contributed by atoms with Gasteiger partial charge in [-0.05, 0) is 30.6 Å². The minimum atomic E-state index is -0.189. The molecule has 0 fully saturated rings. The van der Waals surface area contributed by atoms with Crippen molar-refractivity contribution in [3.05, 3.63) is 12.2 Å². The van der Waals surface area contributed by atoms with Crippen LogP contribution in [0.4, 0.5) is 0 Å². The second kappa shape index (κ2) is 18.9. The molecule has 4 heteroatoms. The molecule has 1 atom stereocenters. The molecule has 0 amide bonds. The van der Waals surface area contributed by atoms with Crippen molar-refractivity contribution in [1.29, 1.82) is 0 Å². The van der Waals surface area contributed by atoms with Crippen LogP contribution in [0.5, 0.6) is 0 Å². The molecule has 0 bridgehead atoms. The summed E-state index contributed by atoms with van der Waals surface area (Å²) in [6.07, 6.45) is 14.7. The number of hydrogen-bond acceptors (Lipinski definition) is 4. The molecule has 0 spiro atoms. The largest absolute Gasteiger partial charge is 0.462 e. The van der Waals surface area contributed by atoms with Gasteiger partial charge in [0.2, 0.25) is 0 Å². The molecule has 0 saturated carbocycles. The molecule has 0 aliphatic rings. The van der Waals surface area contributed by atoms with Crippen LogP contribution < -0.4 is 0 Å². The summed E-state index contributed by atoms with van der Waals surface area (Å²) >= 11 is 0. The zero-order chi connectivity index (χ0) is 21.8. The van der Waals surface area contributed by atoms with Crippen molar-refractivity contribution < 1.29 is 19.1 Å². The predicted molar refractivity (Wildman–Crippen MR) is 115 cm³/mol. The lowest BCUT2D eigenvalue weighted by molar-refractivity contribution is -0.191. The van der Waals surface area contributed by atoms with Crippen molar-refractivity contribution in [2.24, 2.45) is 11.3 Å². The van der Waals surface area contributed by atoms with E-state index >= 15 is 0 Å². The van der Waals surface area contributed by atoms with Crippen LogP contribution in [0.3, 0.4) is 0 Å². The third-order valence-corrected chi connectivity index (χ3v) is 5.18. The van der Waals surface area contributed by atoms with Gasteiger partial charge in [-0.2, -0.15) is 9.59 Å². The van der Waals surface area contributed by atoms with Gasteiger partial charge >= 0.3 is 12.1 Å². The highest BCUT2D eigenvalue weighted by Gasteiger charge is 2.23. The van der Waals surface area contributed by atoms with Crippen LogP contribution in [0, 0.1) is 11.3 Å². The summed E-state index contributed by atoms with van der Waals surface area (Å²) in [5.74, 6) is 0.304. The molecule has 1 unspecified atom stereocenters. The molecule has 0 heterocycles. The molecule has 164 valence electrons. The first kappa shape index (κ1) is 28.8. The van der Waals surface area contributed by atoms with Crippen LogP contribution in [0.1, 0.15) is 112 Å². The molecular weight excluding hydrogens is 352 g/mol. The van der Waals surface area contributed by atoms with E-state index < -0.39 is 0 Å². The van der Waals surface area contributed by atoms with Gasteiger partial charge in [0.25, 0.3) is 0 Å². The molecule has 28 heavy (non-hydrogen) atoms. The quantitative estimate of drug-likeness (QED) is 0.162. The number of carbonyl (C=O) groups excluding carboxylic acids is 3. The Morgan fingerprint density at radius 1 is 0.964 bits per heavy atom. The maximum Gasteiger partial charge on any atom is 0.373 e. The van der Waals surface area contributed by atoms with Crippen molar-refractivity contribution in [3.63, 3.8) is 0 Å². The van der Waals surface area contributed by atoms with E-state index in [4.69, 9.17) is 14.3 Å². The Morgan fingerprint density at radius 2 is 1.50 bits per heavy atom. The van der Waals surface area contributed by atoms with Crippen molar-refractivity contribution in [1.82, 2.24) is 0 Å². The zero-order valence-corrected chi connectivity index (χ0v) is 19.1. The highest BCUT2D eigenvalue weighted by molar-refractivity contribution is 5.87. The third kappa shape index (κ3) is 18.0. The molecule has 0 saturated heterocycles. The number of esters is 1. The maximum absolute atomic E-state index is 12.2. The number of unbranched alkanes of at least 4 members (excludes halogenated alkanes) is 6. The van der Waals surface area contributed by atoms with E-state index in [2.05, 4.69) is 41.2 Å². The molecule has 0 aromatic heterocycles. The monoisotopic (exact) mass is 396 g/mol. The molecular formula is C24H44O4. The number of ether oxygens (including phenoxy) is 1. The van der Waals surface area contributed by atoms with Crippen molar-refractivity contribution in [2.75, 3.05) is 6.61 Å². The van der Waals surface area contributed by atoms with Gasteiger partial charge in [-0.1, -0.05) is 99.0 Å². The lowest BCUT2D eigenvalue weighted by Gasteiger charge is -2.25. The van der Waals surface area contributed by atoms with Crippen LogP contribution in [-0.2, 0) is 19.1 Å². The summed E-state index contributed by atoms with van der Waals surface area (Å²) in [5, 5.41) is 0. The Bertz CT molecular complexity index is 434. The first-order chi connectivity index (χ1) is 13.3. The minimum absolute atomic E-state index is 0.132. The van der Waals surface area contributed by atoms with Crippen LogP contribution in [0.15, 0.2) is 12.2 Å². The van der Waals surface area contributed by atoms with E-state index in [1.807, 2.05) is 0 Å². The first-order valence-corrected chi connectivity index (χ1v) is 11.1. The zero-order valence-electron chi connectivity index (χ0n) is 19.1. The van der Waals surface area contributed by atoms with Gasteiger partial charge in [0.1, 0.15) is 0 Å². The van der Waals surface area contributed by atoms with Crippen molar-refractivity contribution in [3.8, 4) is 0 Å². The van der Waals surface area contributed by atoms with E-state index in [-0.39, 0.29) is 17.5 Å². The van der Waals surface area contributed by atoms with E-state index in [9.17, 15) is 4.79 Å². The topological polar surface area (TPSA) is 60.4 Å². The van der Waals surface area contributed by atoms with Crippen LogP contribution >= 0.6 is 0 Å². The molecule has 0 rings (SSSR count). The summed E-state index contributed by atoms with van der Waals surface area (Å²) in [5.41, 5.74) is 0.772. The van der Waals surface area contributed by atoms with Crippen LogP contribution in [-0.4, -0.2) is 18.7 Å². The molecule has 0 aliphatic heterocycles. The van der Waals surface area contributed by atoms with Crippen LogP contribution in [0.2, 0.25) is 0 Å². The summed E-state index contributed by atoms with van der Waals surface area (Å²) in [4.78, 5) is 28.5. The highest BCUT2D eigenvalue weighted by atomic mass is 16.5. The first-order valence-electron chi connectivity index (χ1n) is 11.1. The highest BCUT2D eigenvalue weighted by Crippen LogP contribution is 2.31. The fourth-order valence-corrected chi connectivity index (χ4v) is 3.32. The van der Waals surface area contributed by atoms with Gasteiger partial charge in [0.15, 0.2) is 0 Å². The summed E-state index contributed by atoms with van der Waals surface area (Å²) in [7, 11) is 0. The molecule has 0 aromatic rings. The van der Waals surface area contributed by atoms with Crippen molar-refractivity contribution in [2.45, 2.75) is 112 Å². The third-order valence-electron chi connectivity index (χ3n) is 5.18. The summed E-state index contributed by atoms with van der Waals surface area (Å²) in [6, 6.07) is 0. The number of rotatable bonds is 16. The number of carbonyl (C=O) groups is 1. The van der Waals surface area contributed by atoms with Gasteiger partial charge < -0.3 is 4.74 Å². The Labute approximate surface area is 173 Å². The van der Waals surface area contributed by atoms with E-state index in [0.717, 1.165) is 25.7 Å². The predicted octanol–water partition coefficient (Wildman–Crippen LogP) is 6.89. The molecule has 0 N–H and O–H groups in total. The molecule has 0 aliphatic carbocycles. The average Bonchev–Trinajstić information content (AvgIpc) is 2.64.